The molecular weight excluding hydrogens is 310 g/mol. The molecule has 3 N–H and O–H groups in total. The molecule has 0 fully saturated rings. The van der Waals surface area contributed by atoms with Crippen LogP contribution in [0, 0.1) is 6.92 Å². The SMILES string of the molecule is Cc1cccnc1CNc1snc(N)c1S(=O)(=O)N(C)C. The van der Waals surface area contributed by atoms with Crippen LogP contribution in [0.15, 0.2) is 23.2 Å². The molecule has 0 aliphatic carbocycles. The van der Waals surface area contributed by atoms with E-state index >= 15 is 0 Å². The minimum absolute atomic E-state index is 0.00828. The van der Waals surface area contributed by atoms with Gasteiger partial charge in [-0.25, -0.2) is 12.7 Å². The lowest BCUT2D eigenvalue weighted by Gasteiger charge is -2.13. The number of nitrogens with zero attached hydrogens (tertiary/aromatic N) is 3. The van der Waals surface area contributed by atoms with Crippen molar-refractivity contribution < 1.29 is 8.42 Å². The third kappa shape index (κ3) is 3.14. The Balaban J connectivity index is 2.29. The topological polar surface area (TPSA) is 101 Å². The van der Waals surface area contributed by atoms with Gasteiger partial charge < -0.3 is 11.1 Å². The highest BCUT2D eigenvalue weighted by molar-refractivity contribution is 7.89. The number of hydrogen-bond acceptors (Lipinski definition) is 7. The molecule has 0 aliphatic heterocycles. The Bertz CT molecular complexity index is 740. The summed E-state index contributed by atoms with van der Waals surface area (Å²) >= 11 is 1.03. The van der Waals surface area contributed by atoms with E-state index in [1.807, 2.05) is 19.1 Å². The largest absolute Gasteiger partial charge is 0.382 e. The molecule has 114 valence electrons. The normalized spacial score (nSPS) is 11.8. The van der Waals surface area contributed by atoms with E-state index in [0.717, 1.165) is 27.1 Å². The molecule has 0 unspecified atom stereocenters. The molecular formula is C12H17N5O2S2. The Morgan fingerprint density at radius 1 is 1.43 bits per heavy atom. The number of hydrogen-bond donors (Lipinski definition) is 2. The van der Waals surface area contributed by atoms with Crippen LogP contribution in [0.25, 0.3) is 0 Å². The summed E-state index contributed by atoms with van der Waals surface area (Å²) in [5, 5.41) is 3.48. The van der Waals surface area contributed by atoms with E-state index in [2.05, 4.69) is 14.7 Å². The first kappa shape index (κ1) is 15.7. The summed E-state index contributed by atoms with van der Waals surface area (Å²) in [6, 6.07) is 3.80. The van der Waals surface area contributed by atoms with Crippen molar-refractivity contribution in [2.45, 2.75) is 18.4 Å². The Labute approximate surface area is 128 Å². The van der Waals surface area contributed by atoms with E-state index in [4.69, 9.17) is 5.73 Å². The predicted octanol–water partition coefficient (Wildman–Crippen LogP) is 1.29. The molecule has 0 aromatic carbocycles. The second kappa shape index (κ2) is 5.96. The summed E-state index contributed by atoms with van der Waals surface area (Å²) in [6.45, 7) is 2.35. The van der Waals surface area contributed by atoms with Crippen LogP contribution in [-0.4, -0.2) is 36.2 Å². The first-order valence-electron chi connectivity index (χ1n) is 6.16. The Kier molecular flexibility index (Phi) is 4.45. The fourth-order valence-electron chi connectivity index (χ4n) is 1.71. The summed E-state index contributed by atoms with van der Waals surface area (Å²) in [6.07, 6.45) is 1.70. The van der Waals surface area contributed by atoms with E-state index in [1.54, 1.807) is 6.20 Å². The molecule has 0 atom stereocenters. The number of nitrogen functional groups attached to an aromatic ring is 1. The van der Waals surface area contributed by atoms with Gasteiger partial charge in [0, 0.05) is 20.3 Å². The summed E-state index contributed by atoms with van der Waals surface area (Å²) < 4.78 is 29.6. The molecule has 0 bridgehead atoms. The van der Waals surface area contributed by atoms with E-state index in [1.165, 1.54) is 14.1 Å². The quantitative estimate of drug-likeness (QED) is 0.858. The number of anilines is 2. The standard InChI is InChI=1S/C12H17N5O2S2/c1-8-5-4-6-14-9(8)7-15-12-10(11(13)16-20-12)21(18,19)17(2)3/h4-6,15H,7H2,1-3H3,(H2,13,16). The lowest BCUT2D eigenvalue weighted by molar-refractivity contribution is 0.521. The van der Waals surface area contributed by atoms with Gasteiger partial charge in [-0.05, 0) is 30.1 Å². The van der Waals surface area contributed by atoms with Gasteiger partial charge in [0.1, 0.15) is 5.00 Å². The number of aromatic nitrogens is 2. The van der Waals surface area contributed by atoms with Gasteiger partial charge in [0.15, 0.2) is 10.7 Å². The molecule has 0 spiro atoms. The first-order chi connectivity index (χ1) is 9.84. The molecule has 0 saturated carbocycles. The Morgan fingerprint density at radius 3 is 2.76 bits per heavy atom. The van der Waals surface area contributed by atoms with Gasteiger partial charge >= 0.3 is 0 Å². The van der Waals surface area contributed by atoms with Crippen LogP contribution in [0.3, 0.4) is 0 Å². The highest BCUT2D eigenvalue weighted by Gasteiger charge is 2.27. The molecule has 2 aromatic rings. The number of nitrogens with two attached hydrogens (primary N) is 1. The van der Waals surface area contributed by atoms with Crippen LogP contribution >= 0.6 is 11.5 Å². The molecule has 9 heteroatoms. The molecule has 0 amide bonds. The maximum atomic E-state index is 12.3. The lowest BCUT2D eigenvalue weighted by atomic mass is 10.2. The fraction of sp³-hybridized carbons (Fsp3) is 0.333. The van der Waals surface area contributed by atoms with Crippen molar-refractivity contribution in [3.05, 3.63) is 29.6 Å². The molecule has 0 aliphatic rings. The molecule has 0 saturated heterocycles. The van der Waals surface area contributed by atoms with Gasteiger partial charge in [-0.15, -0.1) is 0 Å². The van der Waals surface area contributed by atoms with Gasteiger partial charge in [-0.1, -0.05) is 6.07 Å². The first-order valence-corrected chi connectivity index (χ1v) is 8.37. The van der Waals surface area contributed by atoms with Gasteiger partial charge in [0.2, 0.25) is 10.0 Å². The second-order valence-corrected chi connectivity index (χ2v) is 7.50. The van der Waals surface area contributed by atoms with Crippen molar-refractivity contribution in [3.8, 4) is 0 Å². The third-order valence-electron chi connectivity index (χ3n) is 2.95. The third-order valence-corrected chi connectivity index (χ3v) is 5.79. The van der Waals surface area contributed by atoms with E-state index < -0.39 is 10.0 Å². The minimum atomic E-state index is -3.64. The van der Waals surface area contributed by atoms with Crippen LogP contribution < -0.4 is 11.1 Å². The molecule has 7 nitrogen and oxygen atoms in total. The Hall–Kier alpha value is -1.71. The van der Waals surface area contributed by atoms with E-state index in [9.17, 15) is 8.42 Å². The van der Waals surface area contributed by atoms with E-state index in [-0.39, 0.29) is 10.7 Å². The van der Waals surface area contributed by atoms with Gasteiger partial charge in [-0.2, -0.15) is 4.37 Å². The van der Waals surface area contributed by atoms with Gasteiger partial charge in [0.05, 0.1) is 12.2 Å². The molecule has 21 heavy (non-hydrogen) atoms. The van der Waals surface area contributed by atoms with Gasteiger partial charge in [-0.3, -0.25) is 4.98 Å². The van der Waals surface area contributed by atoms with Crippen LogP contribution in [0.2, 0.25) is 0 Å². The highest BCUT2D eigenvalue weighted by Crippen LogP contribution is 2.33. The number of aryl methyl sites for hydroxylation is 1. The predicted molar refractivity (Wildman–Crippen MR) is 83.7 cm³/mol. The number of pyridine rings is 1. The lowest BCUT2D eigenvalue weighted by Crippen LogP contribution is -2.23. The summed E-state index contributed by atoms with van der Waals surface area (Å²) in [5.41, 5.74) is 7.57. The van der Waals surface area contributed by atoms with Crippen LogP contribution in [-0.2, 0) is 16.6 Å². The van der Waals surface area contributed by atoms with Crippen molar-refractivity contribution in [2.75, 3.05) is 25.1 Å². The summed E-state index contributed by atoms with van der Waals surface area (Å²) in [5.74, 6) is 0.00828. The number of nitrogens with one attached hydrogen (secondary N) is 1. The summed E-state index contributed by atoms with van der Waals surface area (Å²) in [7, 11) is -0.721. The van der Waals surface area contributed by atoms with Crippen LogP contribution in [0.4, 0.5) is 10.8 Å². The van der Waals surface area contributed by atoms with Crippen molar-refractivity contribution in [1.82, 2.24) is 13.7 Å². The Morgan fingerprint density at radius 2 is 2.14 bits per heavy atom. The maximum Gasteiger partial charge on any atom is 0.249 e. The average Bonchev–Trinajstić information content (AvgIpc) is 2.79. The zero-order valence-corrected chi connectivity index (χ0v) is 13.6. The second-order valence-electron chi connectivity index (χ2n) is 4.63. The van der Waals surface area contributed by atoms with Crippen molar-refractivity contribution in [3.63, 3.8) is 0 Å². The number of rotatable bonds is 5. The maximum absolute atomic E-state index is 12.3. The molecule has 2 aromatic heterocycles. The fourth-order valence-corrected chi connectivity index (χ4v) is 3.78. The molecule has 2 heterocycles. The molecule has 0 radical (unpaired) electrons. The minimum Gasteiger partial charge on any atom is -0.382 e. The van der Waals surface area contributed by atoms with Crippen LogP contribution in [0.1, 0.15) is 11.3 Å². The average molecular weight is 327 g/mol. The monoisotopic (exact) mass is 327 g/mol. The van der Waals surface area contributed by atoms with Crippen molar-refractivity contribution >= 4 is 32.4 Å². The smallest absolute Gasteiger partial charge is 0.249 e. The van der Waals surface area contributed by atoms with Gasteiger partial charge in [0.25, 0.3) is 0 Å². The highest BCUT2D eigenvalue weighted by atomic mass is 32.2. The summed E-state index contributed by atoms with van der Waals surface area (Å²) in [4.78, 5) is 4.28. The van der Waals surface area contributed by atoms with Crippen LogP contribution in [0.5, 0.6) is 0 Å². The zero-order chi connectivity index (χ0) is 15.6. The van der Waals surface area contributed by atoms with Crippen molar-refractivity contribution in [2.24, 2.45) is 0 Å². The van der Waals surface area contributed by atoms with E-state index in [0.29, 0.717) is 11.5 Å². The molecule has 2 rings (SSSR count). The number of sulfonamides is 1. The zero-order valence-electron chi connectivity index (χ0n) is 12.0. The van der Waals surface area contributed by atoms with Crippen molar-refractivity contribution in [1.29, 1.82) is 0 Å².